The lowest BCUT2D eigenvalue weighted by atomic mass is 10.1. The second-order valence-corrected chi connectivity index (χ2v) is 8.98. The summed E-state index contributed by atoms with van der Waals surface area (Å²) < 4.78 is 4.49. The summed E-state index contributed by atoms with van der Waals surface area (Å²) in [5.74, 6) is 0.633. The fourth-order valence-electron chi connectivity index (χ4n) is 4.35. The average Bonchev–Trinajstić information content (AvgIpc) is 3.11. The predicted molar refractivity (Wildman–Crippen MR) is 139 cm³/mol. The molecule has 0 atom stereocenters. The van der Waals surface area contributed by atoms with Gasteiger partial charge >= 0.3 is 0 Å². The van der Waals surface area contributed by atoms with E-state index in [4.69, 9.17) is 0 Å². The van der Waals surface area contributed by atoms with Crippen LogP contribution in [0.2, 0.25) is 0 Å². The smallest absolute Gasteiger partial charge is 0.282 e. The van der Waals surface area contributed by atoms with Crippen LogP contribution >= 0.6 is 15.9 Å². The van der Waals surface area contributed by atoms with Gasteiger partial charge in [-0.15, -0.1) is 0 Å². The number of hydrogen-bond acceptors (Lipinski definition) is 3. The highest BCUT2D eigenvalue weighted by Gasteiger charge is 2.13. The minimum absolute atomic E-state index is 0.169. The van der Waals surface area contributed by atoms with Crippen LogP contribution in [0.1, 0.15) is 29.7 Å². The normalized spacial score (nSPS) is 11.8. The zero-order valence-electron chi connectivity index (χ0n) is 18.7. The third-order valence-corrected chi connectivity index (χ3v) is 6.47. The first-order valence-corrected chi connectivity index (χ1v) is 11.7. The van der Waals surface area contributed by atoms with E-state index in [1.165, 1.54) is 15.4 Å². The summed E-state index contributed by atoms with van der Waals surface area (Å²) in [4.78, 5) is 17.8. The van der Waals surface area contributed by atoms with Crippen molar-refractivity contribution >= 4 is 43.8 Å². The lowest BCUT2D eigenvalue weighted by Gasteiger charge is -2.13. The van der Waals surface area contributed by atoms with Crippen LogP contribution in [-0.2, 0) is 6.42 Å². The standard InChI is InChI=1S/C27H23BrN4O/c1-4-26-30-24-13-12-21(28)15-23(24)27(33)32(26)29-16-20-14-17(2)31(18(20)3)25-11-7-9-19-8-5-6-10-22(19)25/h5-16H,4H2,1-3H3. The molecule has 0 saturated carbocycles. The molecule has 33 heavy (non-hydrogen) atoms. The molecule has 2 aromatic heterocycles. The molecule has 0 aliphatic carbocycles. The lowest BCUT2D eigenvalue weighted by molar-refractivity contribution is 0.734. The molecule has 5 nitrogen and oxygen atoms in total. The Bertz CT molecular complexity index is 1610. The van der Waals surface area contributed by atoms with Crippen LogP contribution in [0.25, 0.3) is 27.4 Å². The summed E-state index contributed by atoms with van der Waals surface area (Å²) in [7, 11) is 0. The fraction of sp³-hybridized carbons (Fsp3) is 0.148. The molecule has 5 aromatic rings. The van der Waals surface area contributed by atoms with Crippen molar-refractivity contribution in [1.82, 2.24) is 14.2 Å². The molecule has 0 aliphatic rings. The number of nitrogens with zero attached hydrogens (tertiary/aromatic N) is 4. The van der Waals surface area contributed by atoms with E-state index >= 15 is 0 Å². The molecule has 0 N–H and O–H groups in total. The van der Waals surface area contributed by atoms with Gasteiger partial charge in [-0.05, 0) is 49.6 Å². The Hall–Kier alpha value is -3.51. The number of aryl methyl sites for hydroxylation is 2. The highest BCUT2D eigenvalue weighted by Crippen LogP contribution is 2.27. The molecule has 0 saturated heterocycles. The van der Waals surface area contributed by atoms with Crippen molar-refractivity contribution in [2.24, 2.45) is 5.10 Å². The minimum Gasteiger partial charge on any atom is -0.317 e. The minimum atomic E-state index is -0.169. The molecule has 0 fully saturated rings. The zero-order valence-corrected chi connectivity index (χ0v) is 20.3. The largest absolute Gasteiger partial charge is 0.317 e. The summed E-state index contributed by atoms with van der Waals surface area (Å²) in [6.45, 7) is 6.14. The number of rotatable bonds is 4. The van der Waals surface area contributed by atoms with Gasteiger partial charge in [0, 0.05) is 33.2 Å². The number of fused-ring (bicyclic) bond motifs is 2. The Morgan fingerprint density at radius 2 is 1.79 bits per heavy atom. The van der Waals surface area contributed by atoms with Gasteiger partial charge in [0.15, 0.2) is 0 Å². The number of hydrogen-bond donors (Lipinski definition) is 0. The van der Waals surface area contributed by atoms with Crippen molar-refractivity contribution in [3.63, 3.8) is 0 Å². The molecule has 164 valence electrons. The molecule has 0 amide bonds. The van der Waals surface area contributed by atoms with Gasteiger partial charge in [-0.1, -0.05) is 59.3 Å². The Kier molecular flexibility index (Phi) is 5.46. The first-order chi connectivity index (χ1) is 16.0. The first-order valence-electron chi connectivity index (χ1n) is 10.9. The molecule has 0 radical (unpaired) electrons. The van der Waals surface area contributed by atoms with Crippen LogP contribution in [0.15, 0.2) is 81.1 Å². The van der Waals surface area contributed by atoms with Gasteiger partial charge in [-0.2, -0.15) is 9.78 Å². The number of aromatic nitrogens is 3. The van der Waals surface area contributed by atoms with Crippen LogP contribution in [0.4, 0.5) is 0 Å². The van der Waals surface area contributed by atoms with Gasteiger partial charge in [-0.3, -0.25) is 4.79 Å². The summed E-state index contributed by atoms with van der Waals surface area (Å²) in [6.07, 6.45) is 2.36. The molecule has 5 rings (SSSR count). The highest BCUT2D eigenvalue weighted by molar-refractivity contribution is 9.10. The van der Waals surface area contributed by atoms with Crippen molar-refractivity contribution in [2.45, 2.75) is 27.2 Å². The maximum absolute atomic E-state index is 13.2. The monoisotopic (exact) mass is 498 g/mol. The van der Waals surface area contributed by atoms with Gasteiger partial charge in [-0.25, -0.2) is 4.98 Å². The van der Waals surface area contributed by atoms with E-state index in [0.717, 1.165) is 27.1 Å². The van der Waals surface area contributed by atoms with Crippen LogP contribution in [0, 0.1) is 13.8 Å². The van der Waals surface area contributed by atoms with Crippen LogP contribution < -0.4 is 5.56 Å². The molecule has 0 spiro atoms. The Balaban J connectivity index is 1.63. The molecule has 2 heterocycles. The molecular weight excluding hydrogens is 476 g/mol. The number of benzene rings is 3. The van der Waals surface area contributed by atoms with Crippen molar-refractivity contribution in [3.05, 3.63) is 104 Å². The van der Waals surface area contributed by atoms with Gasteiger partial charge < -0.3 is 4.57 Å². The third kappa shape index (κ3) is 3.70. The van der Waals surface area contributed by atoms with Crippen LogP contribution in [0.3, 0.4) is 0 Å². The van der Waals surface area contributed by atoms with E-state index < -0.39 is 0 Å². The Labute approximate surface area is 200 Å². The SMILES string of the molecule is CCc1nc2ccc(Br)cc2c(=O)n1N=Cc1cc(C)n(-c2cccc3ccccc23)c1C. The molecule has 3 aromatic carbocycles. The lowest BCUT2D eigenvalue weighted by Crippen LogP contribution is -2.22. The Morgan fingerprint density at radius 3 is 2.61 bits per heavy atom. The third-order valence-electron chi connectivity index (χ3n) is 5.98. The fourth-order valence-corrected chi connectivity index (χ4v) is 4.72. The zero-order chi connectivity index (χ0) is 23.1. The van der Waals surface area contributed by atoms with Crippen molar-refractivity contribution in [3.8, 4) is 5.69 Å². The van der Waals surface area contributed by atoms with Crippen molar-refractivity contribution in [2.75, 3.05) is 0 Å². The summed E-state index contributed by atoms with van der Waals surface area (Å²) in [5.41, 5.74) is 4.78. The second-order valence-electron chi connectivity index (χ2n) is 8.06. The summed E-state index contributed by atoms with van der Waals surface area (Å²) in [6, 6.07) is 22.4. The van der Waals surface area contributed by atoms with E-state index in [1.807, 2.05) is 19.1 Å². The van der Waals surface area contributed by atoms with Gasteiger partial charge in [0.2, 0.25) is 0 Å². The van der Waals surface area contributed by atoms with Crippen molar-refractivity contribution < 1.29 is 0 Å². The van der Waals surface area contributed by atoms with E-state index in [1.54, 1.807) is 12.3 Å². The quantitative estimate of drug-likeness (QED) is 0.278. The molecular formula is C27H23BrN4O. The van der Waals surface area contributed by atoms with Gasteiger partial charge in [0.25, 0.3) is 5.56 Å². The average molecular weight is 499 g/mol. The highest BCUT2D eigenvalue weighted by atomic mass is 79.9. The van der Waals surface area contributed by atoms with Crippen LogP contribution in [-0.4, -0.2) is 20.4 Å². The molecule has 0 unspecified atom stereocenters. The maximum atomic E-state index is 13.2. The summed E-state index contributed by atoms with van der Waals surface area (Å²) in [5, 5.41) is 7.52. The molecule has 0 aliphatic heterocycles. The van der Waals surface area contributed by atoms with E-state index in [9.17, 15) is 4.79 Å². The molecule has 6 heteroatoms. The van der Waals surface area contributed by atoms with Crippen molar-refractivity contribution in [1.29, 1.82) is 0 Å². The maximum Gasteiger partial charge on any atom is 0.282 e. The second kappa shape index (κ2) is 8.45. The molecule has 0 bridgehead atoms. The number of halogens is 1. The topological polar surface area (TPSA) is 52.2 Å². The van der Waals surface area contributed by atoms with Gasteiger partial charge in [0.1, 0.15) is 5.82 Å². The van der Waals surface area contributed by atoms with Crippen LogP contribution in [0.5, 0.6) is 0 Å². The first kappa shape index (κ1) is 21.3. The van der Waals surface area contributed by atoms with E-state index in [-0.39, 0.29) is 5.56 Å². The Morgan fingerprint density at radius 1 is 1.00 bits per heavy atom. The van der Waals surface area contributed by atoms with E-state index in [2.05, 4.69) is 93.0 Å². The predicted octanol–water partition coefficient (Wildman–Crippen LogP) is 6.16. The van der Waals surface area contributed by atoms with Gasteiger partial charge in [0.05, 0.1) is 22.8 Å². The van der Waals surface area contributed by atoms with E-state index in [0.29, 0.717) is 23.1 Å². The summed E-state index contributed by atoms with van der Waals surface area (Å²) >= 11 is 3.44.